The predicted octanol–water partition coefficient (Wildman–Crippen LogP) is 1.16. The molecule has 18 heavy (non-hydrogen) atoms. The molecule has 0 aliphatic heterocycles. The van der Waals surface area contributed by atoms with E-state index >= 15 is 0 Å². The maximum Gasteiger partial charge on any atom is 0.185 e. The van der Waals surface area contributed by atoms with Gasteiger partial charge in [-0.2, -0.15) is 0 Å². The van der Waals surface area contributed by atoms with Crippen molar-refractivity contribution in [3.8, 4) is 11.5 Å². The second-order valence-corrected chi connectivity index (χ2v) is 5.12. The third-order valence-electron chi connectivity index (χ3n) is 2.44. The molecule has 0 saturated carbocycles. The molecule has 0 bridgehead atoms. The smallest absolute Gasteiger partial charge is 0.185 e. The van der Waals surface area contributed by atoms with Crippen molar-refractivity contribution in [3.63, 3.8) is 0 Å². The van der Waals surface area contributed by atoms with E-state index in [4.69, 9.17) is 0 Å². The lowest BCUT2D eigenvalue weighted by molar-refractivity contribution is -0.109. The maximum atomic E-state index is 10.7. The number of hydrogen-bond acceptors (Lipinski definition) is 6. The van der Waals surface area contributed by atoms with E-state index in [1.807, 2.05) is 0 Å². The lowest BCUT2D eigenvalue weighted by atomic mass is 10.0. The van der Waals surface area contributed by atoms with Crippen LogP contribution >= 0.6 is 11.8 Å². The van der Waals surface area contributed by atoms with E-state index in [1.165, 1.54) is 25.1 Å². The number of aliphatic hydroxyl groups is 2. The molecule has 0 amide bonds. The second-order valence-electron chi connectivity index (χ2n) is 3.85. The molecule has 0 aromatic heterocycles. The van der Waals surface area contributed by atoms with Gasteiger partial charge in [-0.1, -0.05) is 17.8 Å². The molecular weight excluding hydrogens is 256 g/mol. The summed E-state index contributed by atoms with van der Waals surface area (Å²) < 4.78 is 0. The summed E-state index contributed by atoms with van der Waals surface area (Å²) in [7, 11) is 0. The molecule has 2 atom stereocenters. The summed E-state index contributed by atoms with van der Waals surface area (Å²) in [4.78, 5) is 10.7. The molecular formula is C12H16O5S. The SMILES string of the molecule is CC(=O)SCCC(O)C(O)c1c(O)cccc1O. The molecule has 0 radical (unpaired) electrons. The van der Waals surface area contributed by atoms with Gasteiger partial charge in [-0.15, -0.1) is 0 Å². The van der Waals surface area contributed by atoms with Gasteiger partial charge in [0.25, 0.3) is 0 Å². The Morgan fingerprint density at radius 1 is 1.28 bits per heavy atom. The molecule has 0 heterocycles. The molecule has 1 aromatic carbocycles. The van der Waals surface area contributed by atoms with Crippen LogP contribution < -0.4 is 0 Å². The van der Waals surface area contributed by atoms with E-state index in [0.717, 1.165) is 11.8 Å². The molecule has 100 valence electrons. The normalized spacial score (nSPS) is 14.2. The molecule has 1 rings (SSSR count). The number of rotatable bonds is 5. The van der Waals surface area contributed by atoms with Gasteiger partial charge in [-0.05, 0) is 18.6 Å². The van der Waals surface area contributed by atoms with Crippen LogP contribution in [0.2, 0.25) is 0 Å². The molecule has 0 fully saturated rings. The van der Waals surface area contributed by atoms with E-state index < -0.39 is 12.2 Å². The van der Waals surface area contributed by atoms with Gasteiger partial charge in [0, 0.05) is 12.7 Å². The first kappa shape index (κ1) is 14.8. The third kappa shape index (κ3) is 3.90. The monoisotopic (exact) mass is 272 g/mol. The first-order chi connectivity index (χ1) is 8.43. The Balaban J connectivity index is 2.68. The quantitative estimate of drug-likeness (QED) is 0.642. The Bertz CT molecular complexity index is 401. The van der Waals surface area contributed by atoms with E-state index in [-0.39, 0.29) is 28.6 Å². The number of thioether (sulfide) groups is 1. The van der Waals surface area contributed by atoms with Crippen molar-refractivity contribution in [1.29, 1.82) is 0 Å². The highest BCUT2D eigenvalue weighted by Crippen LogP contribution is 2.34. The molecule has 0 aliphatic carbocycles. The summed E-state index contributed by atoms with van der Waals surface area (Å²) in [6, 6.07) is 4.06. The Labute approximate surface area is 109 Å². The number of benzene rings is 1. The number of phenols is 2. The van der Waals surface area contributed by atoms with E-state index in [1.54, 1.807) is 0 Å². The van der Waals surface area contributed by atoms with Crippen molar-refractivity contribution in [2.45, 2.75) is 25.6 Å². The second kappa shape index (κ2) is 6.63. The number of aromatic hydroxyl groups is 2. The Morgan fingerprint density at radius 3 is 2.33 bits per heavy atom. The van der Waals surface area contributed by atoms with Crippen LogP contribution in [0, 0.1) is 0 Å². The molecule has 2 unspecified atom stereocenters. The van der Waals surface area contributed by atoms with Crippen LogP contribution in [0.1, 0.15) is 25.0 Å². The third-order valence-corrected chi connectivity index (χ3v) is 3.29. The summed E-state index contributed by atoms with van der Waals surface area (Å²) in [6.07, 6.45) is -2.37. The Morgan fingerprint density at radius 2 is 1.83 bits per heavy atom. The average Bonchev–Trinajstić information content (AvgIpc) is 2.27. The van der Waals surface area contributed by atoms with Crippen molar-refractivity contribution >= 4 is 16.9 Å². The van der Waals surface area contributed by atoms with Crippen molar-refractivity contribution < 1.29 is 25.2 Å². The van der Waals surface area contributed by atoms with Crippen molar-refractivity contribution in [2.75, 3.05) is 5.75 Å². The minimum Gasteiger partial charge on any atom is -0.507 e. The fourth-order valence-corrected chi connectivity index (χ4v) is 2.16. The van der Waals surface area contributed by atoms with Gasteiger partial charge in [0.15, 0.2) is 5.12 Å². The molecule has 1 aromatic rings. The minimum atomic E-state index is -1.39. The fraction of sp³-hybridized carbons (Fsp3) is 0.417. The van der Waals surface area contributed by atoms with Gasteiger partial charge >= 0.3 is 0 Å². The van der Waals surface area contributed by atoms with Gasteiger partial charge in [-0.25, -0.2) is 0 Å². The standard InChI is InChI=1S/C12H16O5S/c1-7(13)18-6-5-10(16)12(17)11-8(14)3-2-4-9(11)15/h2-4,10,12,14-17H,5-6H2,1H3. The highest BCUT2D eigenvalue weighted by Gasteiger charge is 2.24. The summed E-state index contributed by atoms with van der Waals surface area (Å²) in [6.45, 7) is 1.42. The molecule has 0 spiro atoms. The lowest BCUT2D eigenvalue weighted by Gasteiger charge is -2.19. The minimum absolute atomic E-state index is 0.0675. The fourth-order valence-electron chi connectivity index (χ4n) is 1.52. The van der Waals surface area contributed by atoms with Crippen molar-refractivity contribution in [1.82, 2.24) is 0 Å². The maximum absolute atomic E-state index is 10.7. The highest BCUT2D eigenvalue weighted by atomic mass is 32.2. The summed E-state index contributed by atoms with van der Waals surface area (Å²) in [5.41, 5.74) is -0.0992. The van der Waals surface area contributed by atoms with Gasteiger partial charge in [-0.3, -0.25) is 4.79 Å². The van der Waals surface area contributed by atoms with E-state index in [9.17, 15) is 25.2 Å². The first-order valence-corrected chi connectivity index (χ1v) is 6.42. The predicted molar refractivity (Wildman–Crippen MR) is 68.5 cm³/mol. The number of carbonyl (C=O) groups is 1. The Kier molecular flexibility index (Phi) is 5.46. The number of hydrogen-bond donors (Lipinski definition) is 4. The molecule has 0 saturated heterocycles. The van der Waals surface area contributed by atoms with Crippen LogP contribution in [-0.4, -0.2) is 37.4 Å². The van der Waals surface area contributed by atoms with Crippen LogP contribution in [0.3, 0.4) is 0 Å². The van der Waals surface area contributed by atoms with Gasteiger partial charge in [0.1, 0.15) is 17.6 Å². The number of carbonyl (C=O) groups excluding carboxylic acids is 1. The zero-order chi connectivity index (χ0) is 13.7. The van der Waals surface area contributed by atoms with Gasteiger partial charge in [0.05, 0.1) is 11.7 Å². The summed E-state index contributed by atoms with van der Waals surface area (Å²) in [5.74, 6) is -0.191. The van der Waals surface area contributed by atoms with E-state index in [2.05, 4.69) is 0 Å². The molecule has 6 heteroatoms. The first-order valence-electron chi connectivity index (χ1n) is 5.43. The zero-order valence-electron chi connectivity index (χ0n) is 9.91. The topological polar surface area (TPSA) is 98.0 Å². The molecule has 4 N–H and O–H groups in total. The summed E-state index contributed by atoms with van der Waals surface area (Å²) >= 11 is 1.05. The Hall–Kier alpha value is -1.24. The van der Waals surface area contributed by atoms with Crippen molar-refractivity contribution in [3.05, 3.63) is 23.8 Å². The highest BCUT2D eigenvalue weighted by molar-refractivity contribution is 8.13. The van der Waals surface area contributed by atoms with Gasteiger partial charge in [0.2, 0.25) is 0 Å². The van der Waals surface area contributed by atoms with Gasteiger partial charge < -0.3 is 20.4 Å². The van der Waals surface area contributed by atoms with Crippen LogP contribution in [-0.2, 0) is 4.79 Å². The van der Waals surface area contributed by atoms with Crippen LogP contribution in [0.25, 0.3) is 0 Å². The van der Waals surface area contributed by atoms with Crippen molar-refractivity contribution in [2.24, 2.45) is 0 Å². The zero-order valence-corrected chi connectivity index (χ0v) is 10.7. The summed E-state index contributed by atoms with van der Waals surface area (Å²) in [5, 5.41) is 38.6. The molecule has 5 nitrogen and oxygen atoms in total. The number of aliphatic hydroxyl groups excluding tert-OH is 2. The lowest BCUT2D eigenvalue weighted by Crippen LogP contribution is -2.19. The largest absolute Gasteiger partial charge is 0.507 e. The van der Waals surface area contributed by atoms with Crippen LogP contribution in [0.5, 0.6) is 11.5 Å². The number of phenolic OH excluding ortho intramolecular Hbond substituents is 2. The van der Waals surface area contributed by atoms with Crippen LogP contribution in [0.15, 0.2) is 18.2 Å². The van der Waals surface area contributed by atoms with E-state index in [0.29, 0.717) is 5.75 Å². The molecule has 0 aliphatic rings. The average molecular weight is 272 g/mol. The van der Waals surface area contributed by atoms with Crippen LogP contribution in [0.4, 0.5) is 0 Å².